The van der Waals surface area contributed by atoms with Crippen LogP contribution >= 0.6 is 0 Å². The molecule has 0 radical (unpaired) electrons. The van der Waals surface area contributed by atoms with Crippen molar-refractivity contribution in [3.05, 3.63) is 59.4 Å². The summed E-state index contributed by atoms with van der Waals surface area (Å²) in [5, 5.41) is 9.39. The van der Waals surface area contributed by atoms with Crippen LogP contribution in [0, 0.1) is 25.6 Å². The van der Waals surface area contributed by atoms with E-state index in [2.05, 4.69) is 30.5 Å². The number of ether oxygens (including phenoxy) is 1. The average Bonchev–Trinajstić information content (AvgIpc) is 3.91. The Kier molecular flexibility index (Phi) is 9.49. The minimum Gasteiger partial charge on any atom is -0.471 e. The highest BCUT2D eigenvalue weighted by Crippen LogP contribution is 2.47. The molecule has 3 N–H and O–H groups in total. The molecule has 4 aliphatic rings. The molecule has 2 saturated carbocycles. The predicted molar refractivity (Wildman–Crippen MR) is 187 cm³/mol. The molecule has 4 amide bonds. The van der Waals surface area contributed by atoms with E-state index < -0.39 is 73.9 Å². The molecule has 2 aliphatic heterocycles. The van der Waals surface area contributed by atoms with Gasteiger partial charge in [0.2, 0.25) is 27.7 Å². The molecular weight excluding hydrogens is 710 g/mol. The van der Waals surface area contributed by atoms with Crippen molar-refractivity contribution in [3.8, 4) is 5.88 Å². The summed E-state index contributed by atoms with van der Waals surface area (Å²) in [4.78, 5) is 66.1. The number of sulfonamides is 1. The molecule has 15 nitrogen and oxygen atoms in total. The van der Waals surface area contributed by atoms with Gasteiger partial charge in [-0.2, -0.15) is 0 Å². The van der Waals surface area contributed by atoms with Crippen LogP contribution in [0.5, 0.6) is 5.88 Å². The smallest absolute Gasteiger partial charge is 0.274 e. The summed E-state index contributed by atoms with van der Waals surface area (Å²) in [7, 11) is -4.01. The van der Waals surface area contributed by atoms with Gasteiger partial charge < -0.3 is 24.8 Å². The normalized spacial score (nSPS) is 27.1. The van der Waals surface area contributed by atoms with Crippen LogP contribution in [0.4, 0.5) is 4.39 Å². The third-order valence-electron chi connectivity index (χ3n) is 10.7. The van der Waals surface area contributed by atoms with E-state index in [-0.39, 0.29) is 42.9 Å². The number of nitrogens with zero attached hydrogens (tertiary/aromatic N) is 4. The molecule has 2 aliphatic carbocycles. The van der Waals surface area contributed by atoms with Gasteiger partial charge in [-0.05, 0) is 71.4 Å². The van der Waals surface area contributed by atoms with Crippen molar-refractivity contribution in [2.75, 3.05) is 6.54 Å². The van der Waals surface area contributed by atoms with E-state index >= 15 is 0 Å². The lowest BCUT2D eigenvalue weighted by atomic mass is 10.0. The molecule has 17 heteroatoms. The van der Waals surface area contributed by atoms with Crippen LogP contribution in [0.1, 0.15) is 86.7 Å². The summed E-state index contributed by atoms with van der Waals surface area (Å²) < 4.78 is 52.7. The SMILES string of the molecule is Cc1cc(C(=O)N[C@H]2CCCCCC=C[C@@H]3C[C@@]3(C(=O)NS(=O)(=O)C3(C)CC3)NC(=O)[C@@H]3C[C@@H](Oc4nc5cc(F)ccc5nc4C)CN3C2=O)no1. The fraction of sp³-hybridized carbons (Fsp3) is 0.528. The number of rotatable bonds is 7. The van der Waals surface area contributed by atoms with Gasteiger partial charge in [0.15, 0.2) is 5.69 Å². The van der Waals surface area contributed by atoms with Crippen molar-refractivity contribution in [1.82, 2.24) is 35.4 Å². The fourth-order valence-electron chi connectivity index (χ4n) is 7.02. The first kappa shape index (κ1) is 36.4. The molecule has 0 bridgehead atoms. The van der Waals surface area contributed by atoms with Gasteiger partial charge in [0.25, 0.3) is 11.8 Å². The number of carbonyl (C=O) groups is 4. The van der Waals surface area contributed by atoms with Crippen molar-refractivity contribution < 1.29 is 41.2 Å². The Morgan fingerprint density at radius 3 is 2.62 bits per heavy atom. The number of hydrogen-bond acceptors (Lipinski definition) is 11. The number of halogens is 1. The number of fused-ring (bicyclic) bond motifs is 3. The van der Waals surface area contributed by atoms with E-state index in [0.29, 0.717) is 42.7 Å². The quantitative estimate of drug-likeness (QED) is 0.300. The van der Waals surface area contributed by atoms with Crippen molar-refractivity contribution in [2.24, 2.45) is 5.92 Å². The summed E-state index contributed by atoms with van der Waals surface area (Å²) >= 11 is 0. The van der Waals surface area contributed by atoms with E-state index in [4.69, 9.17) is 9.26 Å². The highest BCUT2D eigenvalue weighted by Gasteiger charge is 2.63. The lowest BCUT2D eigenvalue weighted by Gasteiger charge is -2.30. The molecule has 3 fully saturated rings. The lowest BCUT2D eigenvalue weighted by Crippen LogP contribution is -2.58. The van der Waals surface area contributed by atoms with Crippen LogP contribution in [0.2, 0.25) is 0 Å². The second-order valence-corrected chi connectivity index (χ2v) is 17.0. The molecule has 3 aromatic rings. The Hall–Kier alpha value is -4.93. The zero-order chi connectivity index (χ0) is 37.7. The lowest BCUT2D eigenvalue weighted by molar-refractivity contribution is -0.141. The van der Waals surface area contributed by atoms with Gasteiger partial charge in [-0.3, -0.25) is 23.9 Å². The summed E-state index contributed by atoms with van der Waals surface area (Å²) in [5.41, 5.74) is -0.430. The van der Waals surface area contributed by atoms with E-state index in [9.17, 15) is 32.0 Å². The summed E-state index contributed by atoms with van der Waals surface area (Å²) in [6.45, 7) is 4.79. The van der Waals surface area contributed by atoms with Gasteiger partial charge in [0, 0.05) is 24.5 Å². The van der Waals surface area contributed by atoms with Crippen molar-refractivity contribution in [2.45, 2.75) is 107 Å². The van der Waals surface area contributed by atoms with Gasteiger partial charge in [-0.1, -0.05) is 30.2 Å². The molecule has 7 rings (SSSR count). The maximum atomic E-state index is 14.5. The molecule has 1 saturated heterocycles. The van der Waals surface area contributed by atoms with Crippen LogP contribution in [-0.2, 0) is 24.4 Å². The van der Waals surface area contributed by atoms with Gasteiger partial charge in [-0.15, -0.1) is 0 Å². The molecule has 0 unspecified atom stereocenters. The van der Waals surface area contributed by atoms with Crippen LogP contribution < -0.4 is 20.1 Å². The second-order valence-electron chi connectivity index (χ2n) is 14.8. The highest BCUT2D eigenvalue weighted by molar-refractivity contribution is 7.91. The molecule has 0 spiro atoms. The van der Waals surface area contributed by atoms with Crippen LogP contribution in [-0.4, -0.2) is 87.1 Å². The fourth-order valence-corrected chi connectivity index (χ4v) is 8.33. The number of nitrogens with one attached hydrogen (secondary N) is 3. The van der Waals surface area contributed by atoms with Crippen molar-refractivity contribution in [1.29, 1.82) is 0 Å². The number of aromatic nitrogens is 3. The molecule has 4 heterocycles. The Morgan fingerprint density at radius 1 is 1.09 bits per heavy atom. The Bertz CT molecular complexity index is 2120. The first-order valence-corrected chi connectivity index (χ1v) is 19.4. The van der Waals surface area contributed by atoms with E-state index in [1.807, 2.05) is 12.2 Å². The maximum absolute atomic E-state index is 14.5. The minimum atomic E-state index is -4.01. The third-order valence-corrected chi connectivity index (χ3v) is 12.8. The number of carbonyl (C=O) groups excluding carboxylic acids is 4. The first-order valence-electron chi connectivity index (χ1n) is 17.9. The number of aryl methyl sites for hydroxylation is 2. The summed E-state index contributed by atoms with van der Waals surface area (Å²) in [6.07, 6.45) is 6.96. The first-order chi connectivity index (χ1) is 25.2. The van der Waals surface area contributed by atoms with E-state index in [0.717, 1.165) is 12.8 Å². The van der Waals surface area contributed by atoms with Gasteiger partial charge in [-0.25, -0.2) is 22.8 Å². The maximum Gasteiger partial charge on any atom is 0.274 e. The summed E-state index contributed by atoms with van der Waals surface area (Å²) in [6, 6.07) is 3.23. The predicted octanol–water partition coefficient (Wildman–Crippen LogP) is 2.91. The largest absolute Gasteiger partial charge is 0.471 e. The minimum absolute atomic E-state index is 0.00205. The van der Waals surface area contributed by atoms with Crippen LogP contribution in [0.3, 0.4) is 0 Å². The second kappa shape index (κ2) is 13.8. The number of allylic oxidation sites excluding steroid dienone is 1. The monoisotopic (exact) mass is 751 g/mol. The molecule has 2 aromatic heterocycles. The highest BCUT2D eigenvalue weighted by atomic mass is 32.2. The molecule has 53 heavy (non-hydrogen) atoms. The van der Waals surface area contributed by atoms with E-state index in [1.54, 1.807) is 20.8 Å². The van der Waals surface area contributed by atoms with Crippen LogP contribution in [0.15, 0.2) is 40.9 Å². The average molecular weight is 752 g/mol. The Morgan fingerprint density at radius 2 is 1.89 bits per heavy atom. The van der Waals surface area contributed by atoms with E-state index in [1.165, 1.54) is 29.2 Å². The van der Waals surface area contributed by atoms with Gasteiger partial charge in [0.05, 0.1) is 22.3 Å². The molecule has 282 valence electrons. The van der Waals surface area contributed by atoms with Crippen molar-refractivity contribution in [3.63, 3.8) is 0 Å². The van der Waals surface area contributed by atoms with Crippen molar-refractivity contribution >= 4 is 44.7 Å². The van der Waals surface area contributed by atoms with Gasteiger partial charge >= 0.3 is 0 Å². The number of hydrogen-bond donors (Lipinski definition) is 3. The van der Waals surface area contributed by atoms with Gasteiger partial charge in [0.1, 0.15) is 41.0 Å². The zero-order valence-electron chi connectivity index (χ0n) is 29.7. The number of benzene rings is 1. The zero-order valence-corrected chi connectivity index (χ0v) is 30.5. The molecular formula is C36H42FN7O8S. The number of amides is 4. The molecule has 5 atom stereocenters. The standard InChI is InChI=1S/C36H42FN7O8S/c1-20-15-28(42-52-20)30(45)39-26-10-8-6-4-5-7-9-22-18-36(22,34(48)43-53(49,50)35(3)13-14-35)41-31(46)29-17-24(19-44(29)33(26)47)51-32-21(2)38-25-12-11-23(37)16-27(25)40-32/h7,9,11-12,15-16,22,24,26,29H,4-6,8,10,13-14,17-19H2,1-3H3,(H,39,45)(H,41,46)(H,43,48)/t22-,24-,26+,29+,36-/m1/s1. The summed E-state index contributed by atoms with van der Waals surface area (Å²) in [5.74, 6) is -3.14. The third kappa shape index (κ3) is 7.35. The Balaban J connectivity index is 1.20. The topological polar surface area (TPSA) is 203 Å². The molecule has 1 aromatic carbocycles. The van der Waals surface area contributed by atoms with Crippen LogP contribution in [0.25, 0.3) is 11.0 Å². The Labute approximate surface area is 305 Å².